The number of carbonyl (C=O) groups excluding carboxylic acids is 1. The zero-order chi connectivity index (χ0) is 16.9. The lowest BCUT2D eigenvalue weighted by Crippen LogP contribution is -2.11. The van der Waals surface area contributed by atoms with E-state index in [0.29, 0.717) is 23.4 Å². The molecule has 0 aliphatic heterocycles. The molecule has 1 N–H and O–H groups in total. The van der Waals surface area contributed by atoms with Gasteiger partial charge < -0.3 is 5.32 Å². The first-order chi connectivity index (χ1) is 11.6. The second-order valence-electron chi connectivity index (χ2n) is 5.56. The predicted octanol–water partition coefficient (Wildman–Crippen LogP) is 3.36. The third-order valence-electron chi connectivity index (χ3n) is 3.61. The Bertz CT molecular complexity index is 904. The first-order valence-electron chi connectivity index (χ1n) is 7.53. The zero-order valence-corrected chi connectivity index (χ0v) is 13.2. The van der Waals surface area contributed by atoms with Crippen LogP contribution in [0, 0.1) is 18.3 Å². The van der Waals surface area contributed by atoms with Gasteiger partial charge in [-0.3, -0.25) is 9.48 Å². The molecule has 0 bridgehead atoms. The lowest BCUT2D eigenvalue weighted by atomic mass is 10.1. The van der Waals surface area contributed by atoms with Crippen molar-refractivity contribution < 1.29 is 4.79 Å². The van der Waals surface area contributed by atoms with Gasteiger partial charge in [-0.05, 0) is 30.7 Å². The largest absolute Gasteiger partial charge is 0.319 e. The van der Waals surface area contributed by atoms with Crippen LogP contribution in [0.15, 0.2) is 60.9 Å². The van der Waals surface area contributed by atoms with E-state index in [1.54, 1.807) is 41.3 Å². The predicted molar refractivity (Wildman–Crippen MR) is 91.6 cm³/mol. The molecule has 0 saturated carbocycles. The van der Waals surface area contributed by atoms with Crippen molar-refractivity contribution in [3.05, 3.63) is 83.2 Å². The van der Waals surface area contributed by atoms with Crippen molar-refractivity contribution in [2.75, 3.05) is 5.32 Å². The van der Waals surface area contributed by atoms with E-state index in [-0.39, 0.29) is 5.91 Å². The van der Waals surface area contributed by atoms with Gasteiger partial charge in [-0.2, -0.15) is 10.4 Å². The lowest BCUT2D eigenvalue weighted by Gasteiger charge is -2.03. The summed E-state index contributed by atoms with van der Waals surface area (Å²) in [6.45, 7) is 2.69. The number of aryl methyl sites for hydroxylation is 1. The highest BCUT2D eigenvalue weighted by molar-refractivity contribution is 6.04. The van der Waals surface area contributed by atoms with Crippen LogP contribution in [0.25, 0.3) is 0 Å². The summed E-state index contributed by atoms with van der Waals surface area (Å²) in [5, 5.41) is 16.0. The first kappa shape index (κ1) is 15.5. The van der Waals surface area contributed by atoms with Crippen molar-refractivity contribution in [1.29, 1.82) is 5.26 Å². The highest BCUT2D eigenvalue weighted by Gasteiger charge is 2.08. The van der Waals surface area contributed by atoms with Gasteiger partial charge in [0.2, 0.25) is 0 Å². The second-order valence-corrected chi connectivity index (χ2v) is 5.56. The standard InChI is InChI=1S/C19H16N4O/c1-14-5-7-15(8-6-14)12-23-13-18(11-21-23)22-19(24)17-4-2-3-16(9-17)10-20/h2-9,11,13H,12H2,1H3,(H,22,24). The average Bonchev–Trinajstić information content (AvgIpc) is 3.04. The Kier molecular flexibility index (Phi) is 4.39. The molecule has 0 saturated heterocycles. The van der Waals surface area contributed by atoms with Gasteiger partial charge in [0, 0.05) is 11.8 Å². The molecule has 0 aliphatic carbocycles. The summed E-state index contributed by atoms with van der Waals surface area (Å²) in [5.41, 5.74) is 3.88. The molecular weight excluding hydrogens is 300 g/mol. The molecule has 1 heterocycles. The van der Waals surface area contributed by atoms with Gasteiger partial charge in [0.1, 0.15) is 0 Å². The number of carbonyl (C=O) groups is 1. The number of hydrogen-bond donors (Lipinski definition) is 1. The van der Waals surface area contributed by atoms with Crippen molar-refractivity contribution in [2.45, 2.75) is 13.5 Å². The summed E-state index contributed by atoms with van der Waals surface area (Å²) in [7, 11) is 0. The molecule has 0 radical (unpaired) electrons. The maximum absolute atomic E-state index is 12.2. The van der Waals surface area contributed by atoms with E-state index in [1.807, 2.05) is 13.0 Å². The summed E-state index contributed by atoms with van der Waals surface area (Å²) < 4.78 is 1.77. The lowest BCUT2D eigenvalue weighted by molar-refractivity contribution is 0.102. The quantitative estimate of drug-likeness (QED) is 0.802. The molecule has 118 valence electrons. The van der Waals surface area contributed by atoms with Crippen molar-refractivity contribution >= 4 is 11.6 Å². The van der Waals surface area contributed by atoms with Crippen LogP contribution in [0.5, 0.6) is 0 Å². The Labute approximate surface area is 140 Å². The molecule has 5 nitrogen and oxygen atoms in total. The van der Waals surface area contributed by atoms with Gasteiger partial charge in [-0.25, -0.2) is 0 Å². The normalized spacial score (nSPS) is 10.2. The van der Waals surface area contributed by atoms with Gasteiger partial charge in [0.05, 0.1) is 30.1 Å². The van der Waals surface area contributed by atoms with Crippen LogP contribution in [0.3, 0.4) is 0 Å². The van der Waals surface area contributed by atoms with Crippen LogP contribution in [0.2, 0.25) is 0 Å². The fourth-order valence-corrected chi connectivity index (χ4v) is 2.33. The number of rotatable bonds is 4. The summed E-state index contributed by atoms with van der Waals surface area (Å²) in [6.07, 6.45) is 3.39. The van der Waals surface area contributed by atoms with Crippen LogP contribution in [-0.2, 0) is 6.54 Å². The molecule has 0 fully saturated rings. The molecule has 2 aromatic carbocycles. The fraction of sp³-hybridized carbons (Fsp3) is 0.105. The number of nitrogens with zero attached hydrogens (tertiary/aromatic N) is 3. The number of anilines is 1. The Hall–Kier alpha value is -3.39. The third-order valence-corrected chi connectivity index (χ3v) is 3.61. The van der Waals surface area contributed by atoms with Crippen molar-refractivity contribution in [3.63, 3.8) is 0 Å². The Morgan fingerprint density at radius 2 is 2.04 bits per heavy atom. The number of hydrogen-bond acceptors (Lipinski definition) is 3. The minimum Gasteiger partial charge on any atom is -0.319 e. The van der Waals surface area contributed by atoms with Gasteiger partial charge in [-0.15, -0.1) is 0 Å². The molecule has 0 aliphatic rings. The molecule has 24 heavy (non-hydrogen) atoms. The Morgan fingerprint density at radius 3 is 2.79 bits per heavy atom. The molecule has 3 aromatic rings. The average molecular weight is 316 g/mol. The minimum absolute atomic E-state index is 0.262. The van der Waals surface area contributed by atoms with E-state index in [2.05, 4.69) is 34.7 Å². The smallest absolute Gasteiger partial charge is 0.255 e. The van der Waals surface area contributed by atoms with Crippen LogP contribution >= 0.6 is 0 Å². The zero-order valence-electron chi connectivity index (χ0n) is 13.2. The topological polar surface area (TPSA) is 70.7 Å². The molecule has 0 atom stereocenters. The SMILES string of the molecule is Cc1ccc(Cn2cc(NC(=O)c3cccc(C#N)c3)cn2)cc1. The summed E-state index contributed by atoms with van der Waals surface area (Å²) in [5.74, 6) is -0.262. The van der Waals surface area contributed by atoms with E-state index in [0.717, 1.165) is 5.56 Å². The fourth-order valence-electron chi connectivity index (χ4n) is 2.33. The van der Waals surface area contributed by atoms with E-state index in [9.17, 15) is 4.79 Å². The molecule has 0 spiro atoms. The van der Waals surface area contributed by atoms with Gasteiger partial charge in [-0.1, -0.05) is 35.9 Å². The summed E-state index contributed by atoms with van der Waals surface area (Å²) in [4.78, 5) is 12.2. The van der Waals surface area contributed by atoms with E-state index in [1.165, 1.54) is 5.56 Å². The van der Waals surface area contributed by atoms with Gasteiger partial charge >= 0.3 is 0 Å². The number of nitriles is 1. The second kappa shape index (κ2) is 6.80. The van der Waals surface area contributed by atoms with Crippen LogP contribution in [0.4, 0.5) is 5.69 Å². The molecular formula is C19H16N4O. The highest BCUT2D eigenvalue weighted by Crippen LogP contribution is 2.12. The number of benzene rings is 2. The minimum atomic E-state index is -0.262. The monoisotopic (exact) mass is 316 g/mol. The van der Waals surface area contributed by atoms with Crippen molar-refractivity contribution in [2.24, 2.45) is 0 Å². The maximum atomic E-state index is 12.2. The number of nitrogens with one attached hydrogen (secondary N) is 1. The van der Waals surface area contributed by atoms with Crippen molar-refractivity contribution in [3.8, 4) is 6.07 Å². The summed E-state index contributed by atoms with van der Waals surface area (Å²) >= 11 is 0. The van der Waals surface area contributed by atoms with Crippen molar-refractivity contribution in [1.82, 2.24) is 9.78 Å². The van der Waals surface area contributed by atoms with E-state index >= 15 is 0 Å². The molecule has 3 rings (SSSR count). The van der Waals surface area contributed by atoms with Crippen LogP contribution in [0.1, 0.15) is 27.0 Å². The van der Waals surface area contributed by atoms with E-state index < -0.39 is 0 Å². The highest BCUT2D eigenvalue weighted by atomic mass is 16.1. The Morgan fingerprint density at radius 1 is 1.25 bits per heavy atom. The molecule has 5 heteroatoms. The van der Waals surface area contributed by atoms with Gasteiger partial charge in [0.15, 0.2) is 0 Å². The number of aromatic nitrogens is 2. The molecule has 1 aromatic heterocycles. The maximum Gasteiger partial charge on any atom is 0.255 e. The third kappa shape index (κ3) is 3.68. The van der Waals surface area contributed by atoms with Crippen LogP contribution in [-0.4, -0.2) is 15.7 Å². The number of amides is 1. The molecule has 1 amide bonds. The molecule has 0 unspecified atom stereocenters. The van der Waals surface area contributed by atoms with Crippen LogP contribution < -0.4 is 5.32 Å². The van der Waals surface area contributed by atoms with Gasteiger partial charge in [0.25, 0.3) is 5.91 Å². The Balaban J connectivity index is 1.68. The summed E-state index contributed by atoms with van der Waals surface area (Å²) in [6, 6.07) is 16.8. The van der Waals surface area contributed by atoms with E-state index in [4.69, 9.17) is 5.26 Å². The first-order valence-corrected chi connectivity index (χ1v) is 7.53.